The average molecular weight is 627 g/mol. The summed E-state index contributed by atoms with van der Waals surface area (Å²) < 4.78 is 35.9. The Bertz CT molecular complexity index is 1530. The highest BCUT2D eigenvalue weighted by molar-refractivity contribution is 7.90. The first-order chi connectivity index (χ1) is 20.5. The van der Waals surface area contributed by atoms with Crippen molar-refractivity contribution >= 4 is 33.2 Å². The summed E-state index contributed by atoms with van der Waals surface area (Å²) in [5.41, 5.74) is 3.33. The van der Waals surface area contributed by atoms with Gasteiger partial charge in [0.25, 0.3) is 5.91 Å². The second-order valence-electron chi connectivity index (χ2n) is 13.3. The van der Waals surface area contributed by atoms with E-state index in [-0.39, 0.29) is 34.7 Å². The van der Waals surface area contributed by atoms with Crippen molar-refractivity contribution in [3.63, 3.8) is 0 Å². The number of benzene rings is 2. The van der Waals surface area contributed by atoms with Gasteiger partial charge < -0.3 is 14.7 Å². The summed E-state index contributed by atoms with van der Waals surface area (Å²) in [6.45, 7) is 7.62. The van der Waals surface area contributed by atoms with Crippen LogP contribution in [0.4, 0.5) is 5.69 Å². The number of anilines is 1. The second kappa shape index (κ2) is 11.8. The number of carbonyl (C=O) groups excluding carboxylic acids is 1. The van der Waals surface area contributed by atoms with E-state index < -0.39 is 27.3 Å². The maximum absolute atomic E-state index is 13.5. The molecule has 2 bridgehead atoms. The van der Waals surface area contributed by atoms with Crippen LogP contribution in [-0.4, -0.2) is 50.5 Å². The van der Waals surface area contributed by atoms with Gasteiger partial charge in [0.15, 0.2) is 0 Å². The highest BCUT2D eigenvalue weighted by Gasteiger charge is 2.44. The van der Waals surface area contributed by atoms with Crippen LogP contribution in [0.25, 0.3) is 0 Å². The van der Waals surface area contributed by atoms with Crippen LogP contribution in [0.5, 0.6) is 5.75 Å². The molecule has 2 N–H and O–H groups in total. The average Bonchev–Trinajstić information content (AvgIpc) is 3.10. The Morgan fingerprint density at radius 2 is 1.95 bits per heavy atom. The Hall–Kier alpha value is -2.55. The molecule has 0 saturated heterocycles. The second-order valence-corrected chi connectivity index (χ2v) is 15.6. The van der Waals surface area contributed by atoms with Crippen LogP contribution in [-0.2, 0) is 21.9 Å². The molecule has 2 aromatic rings. The zero-order valence-corrected chi connectivity index (χ0v) is 26.8. The molecule has 0 aromatic heterocycles. The maximum Gasteiger partial charge on any atom is 0.264 e. The van der Waals surface area contributed by atoms with E-state index in [1.54, 1.807) is 18.2 Å². The lowest BCUT2D eigenvalue weighted by atomic mass is 9.68. The number of hydrogen-bond donors (Lipinski definition) is 2. The Kier molecular flexibility index (Phi) is 8.33. The van der Waals surface area contributed by atoms with Crippen molar-refractivity contribution in [3.8, 4) is 5.75 Å². The molecule has 2 aliphatic carbocycles. The first-order valence-corrected chi connectivity index (χ1v) is 17.7. The molecular weight excluding hydrogens is 584 g/mol. The minimum Gasteiger partial charge on any atom is -0.490 e. The molecule has 4 aliphatic rings. The molecule has 7 unspecified atom stereocenters. The standard InChI is InChI=1S/C34H43ClN2O5S/c1-4-32-22(3)21(2)7-13-30(38)27-11-8-25(27)18-37-19-34(15-5-6-23-16-26(35)10-12-28(23)34)20-42-31-14-9-24(17-29(31)37)33(39)36-43(32,40)41/h7,9-10,12-14,16-17,21-22,25,27,30,32,38H,4-6,8,11,15,18-20H2,1-3H3,(H,36,39). The number of ether oxygens (including phenoxy) is 1. The molecular formula is C34H43ClN2O5S. The lowest BCUT2D eigenvalue weighted by Gasteiger charge is -2.45. The SMILES string of the molecule is CCC1C(C)C(C)C=CC(O)C2CCC2CN2CC3(CCCc4cc(Cl)ccc43)COc3ccc(cc32)C(=O)NS1(=O)=O. The topological polar surface area (TPSA) is 95.9 Å². The van der Waals surface area contributed by atoms with Gasteiger partial charge in [-0.1, -0.05) is 50.6 Å². The van der Waals surface area contributed by atoms with Crippen LogP contribution in [0.3, 0.4) is 0 Å². The molecule has 7 nitrogen and oxygen atoms in total. The van der Waals surface area contributed by atoms with E-state index in [1.807, 2.05) is 39.0 Å². The van der Waals surface area contributed by atoms with Gasteiger partial charge in [0.2, 0.25) is 10.0 Å². The van der Waals surface area contributed by atoms with Gasteiger partial charge in [0.05, 0.1) is 23.6 Å². The minimum absolute atomic E-state index is 0.0916. The number of allylic oxidation sites excluding steroid dienone is 1. The Morgan fingerprint density at radius 1 is 1.14 bits per heavy atom. The summed E-state index contributed by atoms with van der Waals surface area (Å²) in [5, 5.41) is 11.3. The third kappa shape index (κ3) is 5.71. The first-order valence-electron chi connectivity index (χ1n) is 15.7. The van der Waals surface area contributed by atoms with Crippen LogP contribution < -0.4 is 14.4 Å². The third-order valence-corrected chi connectivity index (χ3v) is 13.0. The molecule has 1 saturated carbocycles. The number of nitrogens with zero attached hydrogens (tertiary/aromatic N) is 1. The number of rotatable bonds is 1. The van der Waals surface area contributed by atoms with Gasteiger partial charge in [-0.15, -0.1) is 0 Å². The van der Waals surface area contributed by atoms with E-state index >= 15 is 0 Å². The van der Waals surface area contributed by atoms with Gasteiger partial charge in [-0.3, -0.25) is 4.79 Å². The lowest BCUT2D eigenvalue weighted by molar-refractivity contribution is 0.0453. The largest absolute Gasteiger partial charge is 0.490 e. The number of sulfonamides is 1. The van der Waals surface area contributed by atoms with Gasteiger partial charge >= 0.3 is 0 Å². The van der Waals surface area contributed by atoms with E-state index in [0.29, 0.717) is 31.9 Å². The van der Waals surface area contributed by atoms with Crippen molar-refractivity contribution < 1.29 is 23.1 Å². The number of hydrogen-bond acceptors (Lipinski definition) is 6. The van der Waals surface area contributed by atoms with Crippen molar-refractivity contribution in [2.24, 2.45) is 23.7 Å². The molecule has 2 aliphatic heterocycles. The monoisotopic (exact) mass is 626 g/mol. The fourth-order valence-corrected chi connectivity index (χ4v) is 9.87. The fourth-order valence-electron chi connectivity index (χ4n) is 7.89. The van der Waals surface area contributed by atoms with Gasteiger partial charge in [0, 0.05) is 29.1 Å². The molecule has 232 valence electrons. The van der Waals surface area contributed by atoms with Crippen LogP contribution in [0.15, 0.2) is 48.6 Å². The molecule has 1 spiro atoms. The Balaban J connectivity index is 1.43. The number of halogens is 1. The molecule has 9 heteroatoms. The summed E-state index contributed by atoms with van der Waals surface area (Å²) in [5.74, 6) is 0.110. The zero-order valence-electron chi connectivity index (χ0n) is 25.3. The molecule has 1 amide bonds. The van der Waals surface area contributed by atoms with Crippen LogP contribution in [0.2, 0.25) is 5.02 Å². The molecule has 1 fully saturated rings. The van der Waals surface area contributed by atoms with Gasteiger partial charge in [-0.25, -0.2) is 13.1 Å². The fraction of sp³-hybridized carbons (Fsp3) is 0.559. The number of carbonyl (C=O) groups is 1. The first kappa shape index (κ1) is 30.5. The van der Waals surface area contributed by atoms with Crippen molar-refractivity contribution in [2.45, 2.75) is 76.1 Å². The van der Waals surface area contributed by atoms with E-state index in [9.17, 15) is 18.3 Å². The number of aliphatic hydroxyl groups excluding tert-OH is 1. The molecule has 6 rings (SSSR count). The normalized spacial score (nSPS) is 33.8. The van der Waals surface area contributed by atoms with Gasteiger partial charge in [0.1, 0.15) is 5.75 Å². The van der Waals surface area contributed by atoms with Crippen molar-refractivity contribution in [1.82, 2.24) is 4.72 Å². The highest BCUT2D eigenvalue weighted by Crippen LogP contribution is 2.47. The number of amides is 1. The third-order valence-electron chi connectivity index (χ3n) is 10.7. The number of aryl methyl sites for hydroxylation is 1. The van der Waals surface area contributed by atoms with Gasteiger partial charge in [-0.05, 0) is 104 Å². The predicted octanol–water partition coefficient (Wildman–Crippen LogP) is 5.88. The van der Waals surface area contributed by atoms with Crippen LogP contribution >= 0.6 is 11.6 Å². The molecule has 2 heterocycles. The summed E-state index contributed by atoms with van der Waals surface area (Å²) in [7, 11) is -3.96. The summed E-state index contributed by atoms with van der Waals surface area (Å²) in [4.78, 5) is 15.8. The van der Waals surface area contributed by atoms with Crippen LogP contribution in [0, 0.1) is 23.7 Å². The zero-order chi connectivity index (χ0) is 30.5. The summed E-state index contributed by atoms with van der Waals surface area (Å²) in [6.07, 6.45) is 8.51. The van der Waals surface area contributed by atoms with E-state index in [4.69, 9.17) is 16.3 Å². The number of aliphatic hydroxyl groups is 1. The van der Waals surface area contributed by atoms with Crippen molar-refractivity contribution in [1.29, 1.82) is 0 Å². The molecule has 43 heavy (non-hydrogen) atoms. The van der Waals surface area contributed by atoms with E-state index in [0.717, 1.165) is 42.8 Å². The highest BCUT2D eigenvalue weighted by atomic mass is 35.5. The summed E-state index contributed by atoms with van der Waals surface area (Å²) in [6, 6.07) is 11.4. The number of nitrogens with one attached hydrogen (secondary N) is 1. The Labute approximate surface area is 260 Å². The lowest BCUT2D eigenvalue weighted by Crippen LogP contribution is -2.49. The Morgan fingerprint density at radius 3 is 2.70 bits per heavy atom. The molecule has 0 radical (unpaired) electrons. The van der Waals surface area contributed by atoms with E-state index in [2.05, 4.69) is 21.8 Å². The summed E-state index contributed by atoms with van der Waals surface area (Å²) >= 11 is 6.40. The van der Waals surface area contributed by atoms with Crippen LogP contribution in [0.1, 0.15) is 74.4 Å². The smallest absolute Gasteiger partial charge is 0.264 e. The van der Waals surface area contributed by atoms with E-state index in [1.165, 1.54) is 11.1 Å². The quantitative estimate of drug-likeness (QED) is 0.384. The molecule has 7 atom stereocenters. The predicted molar refractivity (Wildman–Crippen MR) is 170 cm³/mol. The molecule has 2 aromatic carbocycles. The maximum atomic E-state index is 13.5. The van der Waals surface area contributed by atoms with Gasteiger partial charge in [-0.2, -0.15) is 0 Å². The van der Waals surface area contributed by atoms with Crippen molar-refractivity contribution in [3.05, 3.63) is 70.3 Å². The number of fused-ring (bicyclic) bond motifs is 4. The minimum atomic E-state index is -3.96. The van der Waals surface area contributed by atoms with Crippen molar-refractivity contribution in [2.75, 3.05) is 24.6 Å².